The molecule has 1 aromatic rings. The Morgan fingerprint density at radius 1 is 1.57 bits per heavy atom. The van der Waals surface area contributed by atoms with E-state index >= 15 is 0 Å². The Hall–Kier alpha value is -1.75. The van der Waals surface area contributed by atoms with E-state index in [1.165, 1.54) is 18.2 Å². The zero-order chi connectivity index (χ0) is 10.7. The molecule has 2 N–H and O–H groups in total. The number of ketones is 1. The van der Waals surface area contributed by atoms with Gasteiger partial charge in [-0.1, -0.05) is 0 Å². The number of hydrogen-bond donors (Lipinski definition) is 1. The van der Waals surface area contributed by atoms with Crippen molar-refractivity contribution >= 4 is 11.5 Å². The number of carbonyl (C=O) groups excluding carboxylic acids is 1. The number of Topliss-reactive ketones (excluding diaryl/α,β-unsaturated/α-hetero) is 1. The largest absolute Gasteiger partial charge is 0.324 e. The maximum atomic E-state index is 11.2. The highest BCUT2D eigenvalue weighted by Crippen LogP contribution is 2.17. The van der Waals surface area contributed by atoms with Crippen LogP contribution < -0.4 is 5.73 Å². The second-order valence-corrected chi connectivity index (χ2v) is 2.88. The van der Waals surface area contributed by atoms with Gasteiger partial charge >= 0.3 is 0 Å². The molecular weight excluding hydrogens is 184 g/mol. The number of rotatable bonds is 3. The molecule has 0 radical (unpaired) electrons. The maximum absolute atomic E-state index is 11.2. The summed E-state index contributed by atoms with van der Waals surface area (Å²) in [4.78, 5) is 21.1. The normalized spacial score (nSPS) is 9.86. The molecule has 74 valence electrons. The van der Waals surface area contributed by atoms with E-state index in [-0.39, 0.29) is 18.0 Å². The Bertz CT molecular complexity index is 388. The van der Waals surface area contributed by atoms with Gasteiger partial charge in [-0.25, -0.2) is 0 Å². The molecule has 0 fully saturated rings. The van der Waals surface area contributed by atoms with Crippen LogP contribution in [0.5, 0.6) is 0 Å². The van der Waals surface area contributed by atoms with Gasteiger partial charge in [0.2, 0.25) is 0 Å². The van der Waals surface area contributed by atoms with Crippen LogP contribution in [0.25, 0.3) is 0 Å². The number of non-ortho nitro benzene ring substituents is 1. The topological polar surface area (TPSA) is 86.2 Å². The Morgan fingerprint density at radius 3 is 2.64 bits per heavy atom. The lowest BCUT2D eigenvalue weighted by atomic mass is 10.0. The van der Waals surface area contributed by atoms with Crippen LogP contribution in [0.4, 0.5) is 5.69 Å². The van der Waals surface area contributed by atoms with Crippen LogP contribution in [-0.2, 0) is 0 Å². The number of nitrogens with two attached hydrogens (primary N) is 1. The Morgan fingerprint density at radius 2 is 2.21 bits per heavy atom. The van der Waals surface area contributed by atoms with Crippen LogP contribution in [0, 0.1) is 17.0 Å². The van der Waals surface area contributed by atoms with Gasteiger partial charge in [0.05, 0.1) is 11.5 Å². The Labute approximate surface area is 80.7 Å². The zero-order valence-electron chi connectivity index (χ0n) is 7.69. The van der Waals surface area contributed by atoms with E-state index in [0.29, 0.717) is 11.1 Å². The molecule has 0 aliphatic rings. The average Bonchev–Trinajstić information content (AvgIpc) is 2.16. The number of carbonyl (C=O) groups is 1. The summed E-state index contributed by atoms with van der Waals surface area (Å²) < 4.78 is 0. The van der Waals surface area contributed by atoms with E-state index in [2.05, 4.69) is 0 Å². The van der Waals surface area contributed by atoms with Crippen LogP contribution in [0.2, 0.25) is 0 Å². The molecule has 1 rings (SSSR count). The summed E-state index contributed by atoms with van der Waals surface area (Å²) in [6.45, 7) is 1.56. The SMILES string of the molecule is Cc1cc([N+](=O)[O-])ccc1C(=O)CN. The van der Waals surface area contributed by atoms with Gasteiger partial charge < -0.3 is 5.73 Å². The standard InChI is InChI=1S/C9H10N2O3/c1-6-4-7(11(13)14)2-3-8(6)9(12)5-10/h2-4H,5,10H2,1H3. The van der Waals surface area contributed by atoms with Crippen molar-refractivity contribution < 1.29 is 9.72 Å². The average molecular weight is 194 g/mol. The fraction of sp³-hybridized carbons (Fsp3) is 0.222. The monoisotopic (exact) mass is 194 g/mol. The van der Waals surface area contributed by atoms with Gasteiger partial charge in [0.15, 0.2) is 5.78 Å². The first-order chi connectivity index (χ1) is 6.56. The third kappa shape index (κ3) is 1.94. The maximum Gasteiger partial charge on any atom is 0.269 e. The van der Waals surface area contributed by atoms with Crippen molar-refractivity contribution in [2.75, 3.05) is 6.54 Å². The van der Waals surface area contributed by atoms with Crippen LogP contribution in [0.15, 0.2) is 18.2 Å². The van der Waals surface area contributed by atoms with Crippen molar-refractivity contribution in [1.29, 1.82) is 0 Å². The molecule has 5 heteroatoms. The molecule has 0 saturated heterocycles. The summed E-state index contributed by atoms with van der Waals surface area (Å²) in [5, 5.41) is 10.4. The van der Waals surface area contributed by atoms with Gasteiger partial charge in [-0.05, 0) is 18.6 Å². The number of aryl methyl sites for hydroxylation is 1. The Balaban J connectivity index is 3.14. The number of nitrogens with zero attached hydrogens (tertiary/aromatic N) is 1. The first kappa shape index (κ1) is 10.3. The molecule has 0 amide bonds. The van der Waals surface area contributed by atoms with Crippen LogP contribution in [0.3, 0.4) is 0 Å². The van der Waals surface area contributed by atoms with Gasteiger partial charge in [0, 0.05) is 17.7 Å². The molecule has 0 aliphatic heterocycles. The first-order valence-corrected chi connectivity index (χ1v) is 4.04. The summed E-state index contributed by atoms with van der Waals surface area (Å²) in [5.41, 5.74) is 6.19. The molecule has 0 atom stereocenters. The molecule has 0 aliphatic carbocycles. The minimum atomic E-state index is -0.496. The highest BCUT2D eigenvalue weighted by Gasteiger charge is 2.11. The minimum absolute atomic E-state index is 0.0175. The number of benzene rings is 1. The molecule has 0 saturated carbocycles. The van der Waals surface area contributed by atoms with Gasteiger partial charge in [0.25, 0.3) is 5.69 Å². The predicted molar refractivity (Wildman–Crippen MR) is 51.2 cm³/mol. The van der Waals surface area contributed by atoms with E-state index < -0.39 is 4.92 Å². The third-order valence-corrected chi connectivity index (χ3v) is 1.91. The van der Waals surface area contributed by atoms with Crippen LogP contribution >= 0.6 is 0 Å². The molecule has 0 unspecified atom stereocenters. The summed E-state index contributed by atoms with van der Waals surface area (Å²) >= 11 is 0. The van der Waals surface area contributed by atoms with Gasteiger partial charge in [-0.3, -0.25) is 14.9 Å². The van der Waals surface area contributed by atoms with E-state index in [0.717, 1.165) is 0 Å². The molecule has 0 bridgehead atoms. The van der Waals surface area contributed by atoms with Crippen LogP contribution in [-0.4, -0.2) is 17.3 Å². The molecule has 0 aromatic heterocycles. The van der Waals surface area contributed by atoms with Crippen LogP contribution in [0.1, 0.15) is 15.9 Å². The second kappa shape index (κ2) is 3.97. The number of nitro groups is 1. The minimum Gasteiger partial charge on any atom is -0.324 e. The van der Waals surface area contributed by atoms with Crippen molar-refractivity contribution in [3.05, 3.63) is 39.4 Å². The quantitative estimate of drug-likeness (QED) is 0.442. The summed E-state index contributed by atoms with van der Waals surface area (Å²) in [6, 6.07) is 4.10. The van der Waals surface area contributed by atoms with E-state index in [9.17, 15) is 14.9 Å². The van der Waals surface area contributed by atoms with E-state index in [1.807, 2.05) is 0 Å². The fourth-order valence-corrected chi connectivity index (χ4v) is 1.18. The van der Waals surface area contributed by atoms with E-state index in [4.69, 9.17) is 5.73 Å². The van der Waals surface area contributed by atoms with Gasteiger partial charge in [-0.15, -0.1) is 0 Å². The van der Waals surface area contributed by atoms with Gasteiger partial charge in [0.1, 0.15) is 0 Å². The molecule has 5 nitrogen and oxygen atoms in total. The number of hydrogen-bond acceptors (Lipinski definition) is 4. The lowest BCUT2D eigenvalue weighted by molar-refractivity contribution is -0.384. The second-order valence-electron chi connectivity index (χ2n) is 2.88. The van der Waals surface area contributed by atoms with E-state index in [1.54, 1.807) is 6.92 Å². The zero-order valence-corrected chi connectivity index (χ0v) is 7.69. The van der Waals surface area contributed by atoms with Crippen molar-refractivity contribution in [3.63, 3.8) is 0 Å². The molecule has 0 spiro atoms. The molecule has 0 heterocycles. The summed E-state index contributed by atoms with van der Waals surface area (Å²) in [6.07, 6.45) is 0. The molecular formula is C9H10N2O3. The number of nitro benzene ring substituents is 1. The molecule has 1 aromatic carbocycles. The van der Waals surface area contributed by atoms with Crippen molar-refractivity contribution in [1.82, 2.24) is 0 Å². The fourth-order valence-electron chi connectivity index (χ4n) is 1.18. The lowest BCUT2D eigenvalue weighted by Crippen LogP contribution is -2.14. The van der Waals surface area contributed by atoms with Crippen molar-refractivity contribution in [2.45, 2.75) is 6.92 Å². The van der Waals surface area contributed by atoms with Crippen molar-refractivity contribution in [3.8, 4) is 0 Å². The van der Waals surface area contributed by atoms with Crippen molar-refractivity contribution in [2.24, 2.45) is 5.73 Å². The van der Waals surface area contributed by atoms with Gasteiger partial charge in [-0.2, -0.15) is 0 Å². The summed E-state index contributed by atoms with van der Waals surface area (Å²) in [7, 11) is 0. The highest BCUT2D eigenvalue weighted by molar-refractivity contribution is 5.98. The predicted octanol–water partition coefficient (Wildman–Crippen LogP) is 1.04. The highest BCUT2D eigenvalue weighted by atomic mass is 16.6. The molecule has 14 heavy (non-hydrogen) atoms. The lowest BCUT2D eigenvalue weighted by Gasteiger charge is -2.01. The smallest absolute Gasteiger partial charge is 0.269 e. The third-order valence-electron chi connectivity index (χ3n) is 1.91. The first-order valence-electron chi connectivity index (χ1n) is 4.04. The summed E-state index contributed by atoms with van der Waals surface area (Å²) in [5.74, 6) is -0.211. The Kier molecular flexibility index (Phi) is 2.93.